The van der Waals surface area contributed by atoms with Crippen molar-refractivity contribution in [2.24, 2.45) is 0 Å². The third-order valence-corrected chi connectivity index (χ3v) is 5.14. The lowest BCUT2D eigenvalue weighted by atomic mass is 9.89. The molecule has 2 heterocycles. The highest BCUT2D eigenvalue weighted by Crippen LogP contribution is 2.36. The van der Waals surface area contributed by atoms with E-state index in [1.165, 1.54) is 6.26 Å². The summed E-state index contributed by atoms with van der Waals surface area (Å²) in [7, 11) is 0. The maximum atomic E-state index is 12.8. The molecule has 0 spiro atoms. The Labute approximate surface area is 145 Å². The maximum Gasteiger partial charge on any atom is 0.255 e. The standard InChI is InChI=1S/C19H21NO5/c21-15-11-12-3-1-2-4-13(12)16(15)20-18(22)14-5-8-25-17(14)19(23)6-9-24-10-7-19/h1-5,8,15-16,21,23H,6-7,9-11H2,(H,20,22)/t15-,16+/m0/s1. The van der Waals surface area contributed by atoms with Gasteiger partial charge >= 0.3 is 0 Å². The summed E-state index contributed by atoms with van der Waals surface area (Å²) < 4.78 is 10.7. The SMILES string of the molecule is O=C(N[C@@H]1c2ccccc2C[C@@H]1O)c1ccoc1C1(O)CCOCC1. The number of benzene rings is 1. The fraction of sp³-hybridized carbons (Fsp3) is 0.421. The van der Waals surface area contributed by atoms with Crippen LogP contribution in [0.3, 0.4) is 0 Å². The molecule has 2 aromatic rings. The molecule has 1 aliphatic carbocycles. The third-order valence-electron chi connectivity index (χ3n) is 5.14. The van der Waals surface area contributed by atoms with Crippen molar-refractivity contribution in [3.8, 4) is 0 Å². The number of aliphatic hydroxyl groups excluding tert-OH is 1. The van der Waals surface area contributed by atoms with Crippen LogP contribution in [0.1, 0.15) is 46.1 Å². The van der Waals surface area contributed by atoms with Gasteiger partial charge in [0.2, 0.25) is 0 Å². The van der Waals surface area contributed by atoms with Crippen LogP contribution in [0.5, 0.6) is 0 Å². The van der Waals surface area contributed by atoms with Gasteiger partial charge in [-0.15, -0.1) is 0 Å². The van der Waals surface area contributed by atoms with Gasteiger partial charge in [0.15, 0.2) is 0 Å². The summed E-state index contributed by atoms with van der Waals surface area (Å²) in [5.74, 6) is -0.0847. The largest absolute Gasteiger partial charge is 0.465 e. The first kappa shape index (κ1) is 16.3. The van der Waals surface area contributed by atoms with Crippen molar-refractivity contribution in [3.05, 3.63) is 59.0 Å². The molecule has 1 fully saturated rings. The van der Waals surface area contributed by atoms with E-state index in [9.17, 15) is 15.0 Å². The predicted molar refractivity (Wildman–Crippen MR) is 89.0 cm³/mol. The van der Waals surface area contributed by atoms with E-state index >= 15 is 0 Å². The Morgan fingerprint density at radius 2 is 1.96 bits per heavy atom. The molecule has 132 valence electrons. The molecule has 0 radical (unpaired) electrons. The van der Waals surface area contributed by atoms with Crippen LogP contribution >= 0.6 is 0 Å². The van der Waals surface area contributed by atoms with Gasteiger partial charge < -0.3 is 24.7 Å². The van der Waals surface area contributed by atoms with Crippen molar-refractivity contribution in [1.82, 2.24) is 5.32 Å². The summed E-state index contributed by atoms with van der Waals surface area (Å²) in [6.45, 7) is 0.847. The van der Waals surface area contributed by atoms with E-state index in [1.807, 2.05) is 24.3 Å². The van der Waals surface area contributed by atoms with Crippen LogP contribution in [-0.2, 0) is 16.8 Å². The van der Waals surface area contributed by atoms with Gasteiger partial charge in [0.25, 0.3) is 5.91 Å². The van der Waals surface area contributed by atoms with Crippen molar-refractivity contribution in [1.29, 1.82) is 0 Å². The number of ether oxygens (including phenoxy) is 1. The summed E-state index contributed by atoms with van der Waals surface area (Å²) in [6, 6.07) is 8.79. The number of hydrogen-bond acceptors (Lipinski definition) is 5. The van der Waals surface area contributed by atoms with Crippen molar-refractivity contribution in [3.63, 3.8) is 0 Å². The highest BCUT2D eigenvalue weighted by molar-refractivity contribution is 5.95. The second kappa shape index (κ2) is 6.29. The van der Waals surface area contributed by atoms with Crippen LogP contribution in [0, 0.1) is 0 Å². The molecule has 4 rings (SSSR count). The molecule has 6 heteroatoms. The molecule has 1 aromatic heterocycles. The molecule has 0 unspecified atom stereocenters. The zero-order valence-corrected chi connectivity index (χ0v) is 13.8. The minimum atomic E-state index is -1.19. The van der Waals surface area contributed by atoms with E-state index in [-0.39, 0.29) is 11.7 Å². The van der Waals surface area contributed by atoms with Gasteiger partial charge in [0.05, 0.1) is 24.0 Å². The Kier molecular flexibility index (Phi) is 4.11. The van der Waals surface area contributed by atoms with Crippen LogP contribution in [0.15, 0.2) is 41.0 Å². The first-order valence-corrected chi connectivity index (χ1v) is 8.53. The molecule has 2 atom stereocenters. The first-order valence-electron chi connectivity index (χ1n) is 8.53. The average molecular weight is 343 g/mol. The van der Waals surface area contributed by atoms with E-state index in [0.717, 1.165) is 11.1 Å². The zero-order chi connectivity index (χ0) is 17.4. The van der Waals surface area contributed by atoms with Crippen LogP contribution in [0.2, 0.25) is 0 Å². The van der Waals surface area contributed by atoms with Crippen LogP contribution in [0.4, 0.5) is 0 Å². The molecule has 1 aromatic carbocycles. The lowest BCUT2D eigenvalue weighted by Crippen LogP contribution is -2.38. The fourth-order valence-electron chi connectivity index (χ4n) is 3.75. The van der Waals surface area contributed by atoms with Crippen molar-refractivity contribution in [2.75, 3.05) is 13.2 Å². The van der Waals surface area contributed by atoms with Crippen molar-refractivity contribution >= 4 is 5.91 Å². The van der Waals surface area contributed by atoms with E-state index in [0.29, 0.717) is 38.0 Å². The molecule has 1 aliphatic heterocycles. The first-order chi connectivity index (χ1) is 12.1. The molecule has 2 aliphatic rings. The number of carbonyl (C=O) groups is 1. The summed E-state index contributed by atoms with van der Waals surface area (Å²) in [5.41, 5.74) is 1.08. The molecule has 1 amide bonds. The summed E-state index contributed by atoms with van der Waals surface area (Å²) in [5, 5.41) is 24.0. The Balaban J connectivity index is 1.58. The van der Waals surface area contributed by atoms with Gasteiger partial charge in [-0.1, -0.05) is 24.3 Å². The number of furan rings is 1. The van der Waals surface area contributed by atoms with Crippen molar-refractivity contribution < 1.29 is 24.2 Å². The Bertz CT molecular complexity index is 778. The number of fused-ring (bicyclic) bond motifs is 1. The average Bonchev–Trinajstić information content (AvgIpc) is 3.22. The topological polar surface area (TPSA) is 91.9 Å². The molecule has 25 heavy (non-hydrogen) atoms. The summed E-state index contributed by atoms with van der Waals surface area (Å²) in [4.78, 5) is 12.8. The van der Waals surface area contributed by atoms with Crippen LogP contribution < -0.4 is 5.32 Å². The molecule has 0 saturated carbocycles. The summed E-state index contributed by atoms with van der Waals surface area (Å²) in [6.07, 6.45) is 2.03. The highest BCUT2D eigenvalue weighted by Gasteiger charge is 2.39. The Morgan fingerprint density at radius 1 is 1.20 bits per heavy atom. The van der Waals surface area contributed by atoms with E-state index in [2.05, 4.69) is 5.32 Å². The maximum absolute atomic E-state index is 12.8. The van der Waals surface area contributed by atoms with Gasteiger partial charge in [-0.25, -0.2) is 0 Å². The smallest absolute Gasteiger partial charge is 0.255 e. The predicted octanol–water partition coefficient (Wildman–Crippen LogP) is 1.67. The number of hydrogen-bond donors (Lipinski definition) is 3. The minimum Gasteiger partial charge on any atom is -0.465 e. The lowest BCUT2D eigenvalue weighted by molar-refractivity contribution is -0.0804. The zero-order valence-electron chi connectivity index (χ0n) is 13.8. The third kappa shape index (κ3) is 2.86. The Morgan fingerprint density at radius 3 is 2.76 bits per heavy atom. The number of aliphatic hydroxyl groups is 2. The van der Waals surface area contributed by atoms with E-state index in [4.69, 9.17) is 9.15 Å². The fourth-order valence-corrected chi connectivity index (χ4v) is 3.75. The monoisotopic (exact) mass is 343 g/mol. The molecule has 6 nitrogen and oxygen atoms in total. The van der Waals surface area contributed by atoms with Gasteiger partial charge in [-0.3, -0.25) is 4.79 Å². The quantitative estimate of drug-likeness (QED) is 0.788. The lowest BCUT2D eigenvalue weighted by Gasteiger charge is -2.31. The van der Waals surface area contributed by atoms with Crippen molar-refractivity contribution in [2.45, 2.75) is 37.0 Å². The molecular formula is C19H21NO5. The second-order valence-electron chi connectivity index (χ2n) is 6.73. The van der Waals surface area contributed by atoms with Gasteiger partial charge in [0, 0.05) is 32.5 Å². The van der Waals surface area contributed by atoms with Gasteiger partial charge in [-0.2, -0.15) is 0 Å². The van der Waals surface area contributed by atoms with Gasteiger partial charge in [-0.05, 0) is 17.2 Å². The molecule has 1 saturated heterocycles. The number of nitrogens with one attached hydrogen (secondary N) is 1. The van der Waals surface area contributed by atoms with E-state index in [1.54, 1.807) is 6.07 Å². The number of amides is 1. The molecular weight excluding hydrogens is 322 g/mol. The molecule has 0 bridgehead atoms. The minimum absolute atomic E-state index is 0.272. The number of carbonyl (C=O) groups excluding carboxylic acids is 1. The van der Waals surface area contributed by atoms with Crippen LogP contribution in [-0.4, -0.2) is 35.4 Å². The highest BCUT2D eigenvalue weighted by atomic mass is 16.5. The number of rotatable bonds is 3. The Hall–Kier alpha value is -2.15. The van der Waals surface area contributed by atoms with E-state index < -0.39 is 17.7 Å². The normalized spacial score (nSPS) is 24.7. The van der Waals surface area contributed by atoms with Gasteiger partial charge in [0.1, 0.15) is 11.4 Å². The van der Waals surface area contributed by atoms with Crippen LogP contribution in [0.25, 0.3) is 0 Å². The summed E-state index contributed by atoms with van der Waals surface area (Å²) >= 11 is 0. The second-order valence-corrected chi connectivity index (χ2v) is 6.73. The molecule has 3 N–H and O–H groups in total.